The Hall–Kier alpha value is -2.87. The van der Waals surface area contributed by atoms with Crippen LogP contribution in [-0.2, 0) is 6.42 Å². The van der Waals surface area contributed by atoms with Crippen molar-refractivity contribution in [2.45, 2.75) is 46.0 Å². The number of ether oxygens (including phenoxy) is 3. The summed E-state index contributed by atoms with van der Waals surface area (Å²) in [4.78, 5) is 0. The molecule has 1 aromatic heterocycles. The minimum atomic E-state index is 0.394. The first-order valence-electron chi connectivity index (χ1n) is 11.4. The van der Waals surface area contributed by atoms with E-state index in [2.05, 4.69) is 50.3 Å². The average molecular weight is 515 g/mol. The number of aryl methyl sites for hydroxylation is 1. The summed E-state index contributed by atoms with van der Waals surface area (Å²) in [5, 5.41) is 11.7. The second-order valence-electron chi connectivity index (χ2n) is 7.50. The smallest absolute Gasteiger partial charge is 0.175 e. The summed E-state index contributed by atoms with van der Waals surface area (Å²) in [5.41, 5.74) is 2.21. The van der Waals surface area contributed by atoms with Crippen LogP contribution in [-0.4, -0.2) is 40.9 Å². The van der Waals surface area contributed by atoms with Crippen molar-refractivity contribution in [2.75, 3.05) is 19.8 Å². The minimum Gasteiger partial charge on any atom is -0.490 e. The van der Waals surface area contributed by atoms with Crippen molar-refractivity contribution in [2.24, 2.45) is 5.10 Å². The van der Waals surface area contributed by atoms with Crippen molar-refractivity contribution in [3.63, 3.8) is 0 Å². The lowest BCUT2D eigenvalue weighted by Gasteiger charge is -2.15. The molecular weight excluding hydrogens is 484 g/mol. The summed E-state index contributed by atoms with van der Waals surface area (Å²) < 4.78 is 19.9. The molecule has 0 bridgehead atoms. The van der Waals surface area contributed by atoms with Gasteiger partial charge in [0.05, 0.1) is 17.3 Å². The summed E-state index contributed by atoms with van der Waals surface area (Å²) in [7, 11) is 0. The molecule has 0 aliphatic heterocycles. The molecule has 0 fully saturated rings. The first-order chi connectivity index (χ1) is 16.2. The molecule has 8 heteroatoms. The quantitative estimate of drug-likeness (QED) is 0.197. The standard InChI is InChI=1S/C25H31BrN4O3/c1-3-5-6-7-8-20-9-11-22(12-10-20)32-13-14-33-25-23(26)15-21(16-24(25)31-4-2)17-29-30-18-27-28-19-30/h9-12,15-19H,3-8,13-14H2,1-2H3/b29-17+. The van der Waals surface area contributed by atoms with Gasteiger partial charge in [0.15, 0.2) is 11.5 Å². The van der Waals surface area contributed by atoms with Gasteiger partial charge >= 0.3 is 0 Å². The average Bonchev–Trinajstić information content (AvgIpc) is 3.34. The molecule has 176 valence electrons. The molecule has 0 atom stereocenters. The van der Waals surface area contributed by atoms with E-state index in [9.17, 15) is 0 Å². The molecule has 0 amide bonds. The number of nitrogens with zero attached hydrogens (tertiary/aromatic N) is 4. The molecule has 3 rings (SSSR count). The summed E-state index contributed by atoms with van der Waals surface area (Å²) >= 11 is 3.58. The number of hydrogen-bond donors (Lipinski definition) is 0. The molecular formula is C25H31BrN4O3. The summed E-state index contributed by atoms with van der Waals surface area (Å²) in [6.45, 7) is 5.53. The van der Waals surface area contributed by atoms with Crippen molar-refractivity contribution in [1.29, 1.82) is 0 Å². The Morgan fingerprint density at radius 1 is 0.939 bits per heavy atom. The van der Waals surface area contributed by atoms with E-state index in [1.807, 2.05) is 31.2 Å². The molecule has 0 aliphatic carbocycles. The van der Waals surface area contributed by atoms with Gasteiger partial charge in [-0.1, -0.05) is 38.3 Å². The SMILES string of the molecule is CCCCCCc1ccc(OCCOc2c(Br)cc(/C=N/n3cnnc3)cc2OCC)cc1. The molecule has 0 N–H and O–H groups in total. The Balaban J connectivity index is 1.51. The fourth-order valence-electron chi connectivity index (χ4n) is 3.27. The molecule has 7 nitrogen and oxygen atoms in total. The second-order valence-corrected chi connectivity index (χ2v) is 8.36. The molecule has 3 aromatic rings. The van der Waals surface area contributed by atoms with Crippen LogP contribution in [0.2, 0.25) is 0 Å². The van der Waals surface area contributed by atoms with Gasteiger partial charge in [-0.3, -0.25) is 0 Å². The highest BCUT2D eigenvalue weighted by Gasteiger charge is 2.12. The van der Waals surface area contributed by atoms with Gasteiger partial charge in [0, 0.05) is 0 Å². The zero-order valence-corrected chi connectivity index (χ0v) is 20.8. The number of halogens is 1. The minimum absolute atomic E-state index is 0.394. The Labute approximate surface area is 203 Å². The number of benzene rings is 2. The third-order valence-corrected chi connectivity index (χ3v) is 5.51. The van der Waals surface area contributed by atoms with Crippen molar-refractivity contribution < 1.29 is 14.2 Å². The maximum atomic E-state index is 5.98. The zero-order chi connectivity index (χ0) is 23.3. The molecule has 33 heavy (non-hydrogen) atoms. The Morgan fingerprint density at radius 2 is 1.70 bits per heavy atom. The van der Waals surface area contributed by atoms with Gasteiger partial charge in [0.25, 0.3) is 0 Å². The molecule has 0 spiro atoms. The third-order valence-electron chi connectivity index (χ3n) is 4.92. The monoisotopic (exact) mass is 514 g/mol. The number of hydrogen-bond acceptors (Lipinski definition) is 6. The predicted octanol–water partition coefficient (Wildman–Crippen LogP) is 5.90. The highest BCUT2D eigenvalue weighted by atomic mass is 79.9. The van der Waals surface area contributed by atoms with Crippen LogP contribution in [0.4, 0.5) is 0 Å². The fourth-order valence-corrected chi connectivity index (χ4v) is 3.84. The van der Waals surface area contributed by atoms with Gasteiger partial charge in [-0.2, -0.15) is 5.10 Å². The van der Waals surface area contributed by atoms with Crippen LogP contribution in [0.25, 0.3) is 0 Å². The third kappa shape index (κ3) is 8.20. The van der Waals surface area contributed by atoms with E-state index in [0.29, 0.717) is 31.3 Å². The lowest BCUT2D eigenvalue weighted by atomic mass is 10.1. The van der Waals surface area contributed by atoms with Crippen LogP contribution in [0.1, 0.15) is 50.7 Å². The molecule has 0 unspecified atom stereocenters. The molecule has 2 aromatic carbocycles. The van der Waals surface area contributed by atoms with Gasteiger partial charge in [-0.25, -0.2) is 4.68 Å². The van der Waals surface area contributed by atoms with Crippen LogP contribution < -0.4 is 14.2 Å². The zero-order valence-electron chi connectivity index (χ0n) is 19.2. The number of aromatic nitrogens is 3. The van der Waals surface area contributed by atoms with Crippen LogP contribution in [0, 0.1) is 0 Å². The molecule has 0 aliphatic rings. The highest BCUT2D eigenvalue weighted by molar-refractivity contribution is 9.10. The van der Waals surface area contributed by atoms with E-state index in [1.165, 1.54) is 48.6 Å². The maximum Gasteiger partial charge on any atom is 0.175 e. The van der Waals surface area contributed by atoms with Gasteiger partial charge in [-0.15, -0.1) is 10.2 Å². The fraction of sp³-hybridized carbons (Fsp3) is 0.400. The van der Waals surface area contributed by atoms with E-state index in [1.54, 1.807) is 6.21 Å². The van der Waals surface area contributed by atoms with Crippen LogP contribution in [0.5, 0.6) is 17.2 Å². The van der Waals surface area contributed by atoms with Gasteiger partial charge in [-0.05, 0) is 71.1 Å². The number of unbranched alkanes of at least 4 members (excludes halogenated alkanes) is 3. The Bertz CT molecular complexity index is 992. The summed E-state index contributed by atoms with van der Waals surface area (Å²) in [6, 6.07) is 12.2. The van der Waals surface area contributed by atoms with E-state index in [0.717, 1.165) is 22.2 Å². The predicted molar refractivity (Wildman–Crippen MR) is 134 cm³/mol. The van der Waals surface area contributed by atoms with E-state index in [4.69, 9.17) is 14.2 Å². The van der Waals surface area contributed by atoms with E-state index >= 15 is 0 Å². The van der Waals surface area contributed by atoms with Crippen LogP contribution in [0.3, 0.4) is 0 Å². The van der Waals surface area contributed by atoms with Crippen molar-refractivity contribution in [3.05, 3.63) is 64.7 Å². The maximum absolute atomic E-state index is 5.98. The first-order valence-corrected chi connectivity index (χ1v) is 12.2. The van der Waals surface area contributed by atoms with E-state index in [-0.39, 0.29) is 0 Å². The summed E-state index contributed by atoms with van der Waals surface area (Å²) in [6.07, 6.45) is 11.0. The molecule has 0 radical (unpaired) electrons. The van der Waals surface area contributed by atoms with E-state index < -0.39 is 0 Å². The van der Waals surface area contributed by atoms with Crippen molar-refractivity contribution in [3.8, 4) is 17.2 Å². The lowest BCUT2D eigenvalue weighted by molar-refractivity contribution is 0.207. The number of rotatable bonds is 14. The van der Waals surface area contributed by atoms with Crippen molar-refractivity contribution in [1.82, 2.24) is 14.9 Å². The lowest BCUT2D eigenvalue weighted by Crippen LogP contribution is -2.10. The molecule has 1 heterocycles. The van der Waals surface area contributed by atoms with Crippen LogP contribution >= 0.6 is 15.9 Å². The molecule has 0 saturated heterocycles. The topological polar surface area (TPSA) is 70.8 Å². The Morgan fingerprint density at radius 3 is 2.42 bits per heavy atom. The molecule has 0 saturated carbocycles. The largest absolute Gasteiger partial charge is 0.490 e. The first kappa shape index (κ1) is 24.8. The summed E-state index contributed by atoms with van der Waals surface area (Å²) in [5.74, 6) is 2.13. The van der Waals surface area contributed by atoms with Gasteiger partial charge in [0.1, 0.15) is 31.6 Å². The highest BCUT2D eigenvalue weighted by Crippen LogP contribution is 2.36. The Kier molecular flexibility index (Phi) is 10.2. The normalized spacial score (nSPS) is 11.1. The van der Waals surface area contributed by atoms with Crippen molar-refractivity contribution >= 4 is 22.1 Å². The van der Waals surface area contributed by atoms with Gasteiger partial charge < -0.3 is 14.2 Å². The van der Waals surface area contributed by atoms with Crippen LogP contribution in [0.15, 0.2) is 58.6 Å². The van der Waals surface area contributed by atoms with Gasteiger partial charge in [0.2, 0.25) is 0 Å². The second kappa shape index (κ2) is 13.6.